The van der Waals surface area contributed by atoms with Crippen molar-refractivity contribution in [2.45, 2.75) is 11.8 Å². The van der Waals surface area contributed by atoms with E-state index in [0.717, 1.165) is 20.1 Å². The first-order chi connectivity index (χ1) is 6.29. The lowest BCUT2D eigenvalue weighted by Gasteiger charge is -1.91. The van der Waals surface area contributed by atoms with Crippen LogP contribution < -0.4 is 0 Å². The molecule has 64 valence electrons. The number of aromatic nitrogens is 1. The van der Waals surface area contributed by atoms with Gasteiger partial charge in [-0.15, -0.1) is 11.3 Å². The van der Waals surface area contributed by atoms with Gasteiger partial charge in [0.2, 0.25) is 0 Å². The molecule has 0 aliphatic carbocycles. The van der Waals surface area contributed by atoms with Crippen molar-refractivity contribution in [2.24, 2.45) is 0 Å². The maximum atomic E-state index is 8.50. The van der Waals surface area contributed by atoms with Crippen molar-refractivity contribution < 1.29 is 0 Å². The van der Waals surface area contributed by atoms with Gasteiger partial charge in [-0.3, -0.25) is 0 Å². The molecule has 0 fully saturated rings. The van der Waals surface area contributed by atoms with Gasteiger partial charge in [0.05, 0.1) is 15.2 Å². The molecule has 0 bridgehead atoms. The van der Waals surface area contributed by atoms with Gasteiger partial charge >= 0.3 is 0 Å². The van der Waals surface area contributed by atoms with E-state index in [-0.39, 0.29) is 0 Å². The van der Waals surface area contributed by atoms with Crippen LogP contribution in [-0.2, 0) is 0 Å². The molecule has 0 amide bonds. The molecule has 0 spiro atoms. The molecule has 0 aliphatic rings. The van der Waals surface area contributed by atoms with Crippen LogP contribution >= 0.6 is 23.1 Å². The molecular formula is C9H6N2S2. The zero-order valence-corrected chi connectivity index (χ0v) is 8.58. The molecule has 0 atom stereocenters. The number of thioether (sulfide) groups is 1. The Morgan fingerprint density at radius 1 is 1.54 bits per heavy atom. The molecule has 0 saturated carbocycles. The van der Waals surface area contributed by atoms with E-state index in [2.05, 4.69) is 10.4 Å². The molecule has 0 radical (unpaired) electrons. The fraction of sp³-hybridized carbons (Fsp3) is 0.111. The lowest BCUT2D eigenvalue weighted by atomic mass is 10.3. The zero-order valence-electron chi connectivity index (χ0n) is 6.94. The Balaban J connectivity index is 2.56. The Kier molecular flexibility index (Phi) is 2.21. The number of hydrogen-bond donors (Lipinski definition) is 0. The first kappa shape index (κ1) is 8.54. The van der Waals surface area contributed by atoms with Crippen LogP contribution in [-0.4, -0.2) is 4.98 Å². The van der Waals surface area contributed by atoms with Gasteiger partial charge in [0.1, 0.15) is 5.40 Å². The summed E-state index contributed by atoms with van der Waals surface area (Å²) >= 11 is 2.84. The lowest BCUT2D eigenvalue weighted by molar-refractivity contribution is 1.34. The second-order valence-corrected chi connectivity index (χ2v) is 4.65. The van der Waals surface area contributed by atoms with E-state index in [1.165, 1.54) is 11.8 Å². The second-order valence-electron chi connectivity index (χ2n) is 2.56. The third-order valence-electron chi connectivity index (χ3n) is 1.63. The molecule has 0 aliphatic heterocycles. The molecule has 13 heavy (non-hydrogen) atoms. The van der Waals surface area contributed by atoms with Crippen LogP contribution in [0, 0.1) is 17.6 Å². The molecule has 0 N–H and O–H groups in total. The van der Waals surface area contributed by atoms with Crippen LogP contribution in [0.25, 0.3) is 10.2 Å². The number of nitrogens with zero attached hydrogens (tertiary/aromatic N) is 2. The lowest BCUT2D eigenvalue weighted by Crippen LogP contribution is -1.70. The minimum absolute atomic E-state index is 0.985. The predicted octanol–water partition coefficient (Wildman–Crippen LogP) is 3.18. The summed E-state index contributed by atoms with van der Waals surface area (Å²) in [7, 11) is 0. The summed E-state index contributed by atoms with van der Waals surface area (Å²) in [4.78, 5) is 5.33. The first-order valence-electron chi connectivity index (χ1n) is 3.73. The summed E-state index contributed by atoms with van der Waals surface area (Å²) in [5.41, 5.74) is 1.02. The third-order valence-corrected chi connectivity index (χ3v) is 3.14. The minimum Gasteiger partial charge on any atom is -0.242 e. The van der Waals surface area contributed by atoms with Crippen molar-refractivity contribution >= 4 is 33.3 Å². The van der Waals surface area contributed by atoms with E-state index in [0.29, 0.717) is 0 Å². The Labute approximate surface area is 84.2 Å². The Morgan fingerprint density at radius 2 is 2.38 bits per heavy atom. The predicted molar refractivity (Wildman–Crippen MR) is 55.8 cm³/mol. The van der Waals surface area contributed by atoms with E-state index in [1.54, 1.807) is 11.3 Å². The van der Waals surface area contributed by atoms with Crippen LogP contribution in [0.1, 0.15) is 5.01 Å². The summed E-state index contributed by atoms with van der Waals surface area (Å²) in [6.45, 7) is 1.99. The molecule has 1 heterocycles. The molecule has 0 saturated heterocycles. The fourth-order valence-corrected chi connectivity index (χ4v) is 2.50. The second kappa shape index (κ2) is 3.36. The van der Waals surface area contributed by atoms with E-state index < -0.39 is 0 Å². The van der Waals surface area contributed by atoms with Crippen LogP contribution in [0.4, 0.5) is 0 Å². The molecule has 1 aromatic carbocycles. The topological polar surface area (TPSA) is 36.7 Å². The summed E-state index contributed by atoms with van der Waals surface area (Å²) in [6.07, 6.45) is 0. The number of fused-ring (bicyclic) bond motifs is 1. The standard InChI is InChI=1S/C9H6N2S2/c1-6-11-8-3-2-7(12-5-10)4-9(8)13-6/h2-4H,1H3. The molecule has 1 aromatic heterocycles. The SMILES string of the molecule is Cc1nc2ccc(SC#N)cc2s1. The van der Waals surface area contributed by atoms with Crippen LogP contribution in [0.2, 0.25) is 0 Å². The maximum Gasteiger partial charge on any atom is 0.138 e. The number of benzene rings is 1. The van der Waals surface area contributed by atoms with Gasteiger partial charge in [-0.25, -0.2) is 4.98 Å². The third kappa shape index (κ3) is 1.67. The molecular weight excluding hydrogens is 200 g/mol. The summed E-state index contributed by atoms with van der Waals surface area (Å²) in [6, 6.07) is 5.89. The van der Waals surface area contributed by atoms with Crippen molar-refractivity contribution in [3.8, 4) is 5.40 Å². The molecule has 2 nitrogen and oxygen atoms in total. The van der Waals surface area contributed by atoms with Gasteiger partial charge in [0.25, 0.3) is 0 Å². The van der Waals surface area contributed by atoms with Crippen LogP contribution in [0.5, 0.6) is 0 Å². The highest BCUT2D eigenvalue weighted by Gasteiger charge is 2.01. The first-order valence-corrected chi connectivity index (χ1v) is 5.36. The van der Waals surface area contributed by atoms with E-state index in [1.807, 2.05) is 25.1 Å². The van der Waals surface area contributed by atoms with Crippen molar-refractivity contribution in [3.63, 3.8) is 0 Å². The van der Waals surface area contributed by atoms with Gasteiger partial charge in [-0.2, -0.15) is 5.26 Å². The Hall–Kier alpha value is -1.05. The average molecular weight is 206 g/mol. The highest BCUT2D eigenvalue weighted by Crippen LogP contribution is 2.26. The molecule has 0 unspecified atom stereocenters. The number of nitriles is 1. The van der Waals surface area contributed by atoms with Gasteiger partial charge in [-0.1, -0.05) is 0 Å². The highest BCUT2D eigenvalue weighted by atomic mass is 32.2. The average Bonchev–Trinajstić information content (AvgIpc) is 2.44. The van der Waals surface area contributed by atoms with Crippen molar-refractivity contribution in [1.29, 1.82) is 5.26 Å². The highest BCUT2D eigenvalue weighted by molar-refractivity contribution is 8.03. The number of thiazole rings is 1. The Morgan fingerprint density at radius 3 is 3.15 bits per heavy atom. The van der Waals surface area contributed by atoms with E-state index in [9.17, 15) is 0 Å². The summed E-state index contributed by atoms with van der Waals surface area (Å²) in [5.74, 6) is 0. The van der Waals surface area contributed by atoms with Crippen molar-refractivity contribution in [2.75, 3.05) is 0 Å². The van der Waals surface area contributed by atoms with Gasteiger partial charge in [0.15, 0.2) is 0 Å². The van der Waals surface area contributed by atoms with E-state index >= 15 is 0 Å². The molecule has 2 rings (SSSR count). The zero-order chi connectivity index (χ0) is 9.26. The summed E-state index contributed by atoms with van der Waals surface area (Å²) < 4.78 is 1.15. The molecule has 2 aromatic rings. The summed E-state index contributed by atoms with van der Waals surface area (Å²) in [5, 5.41) is 11.6. The number of hydrogen-bond acceptors (Lipinski definition) is 4. The maximum absolute atomic E-state index is 8.50. The monoisotopic (exact) mass is 206 g/mol. The minimum atomic E-state index is 0.985. The molecule has 4 heteroatoms. The van der Waals surface area contributed by atoms with Crippen LogP contribution in [0.3, 0.4) is 0 Å². The fourth-order valence-electron chi connectivity index (χ4n) is 1.14. The number of rotatable bonds is 1. The Bertz CT molecular complexity index is 482. The van der Waals surface area contributed by atoms with Crippen LogP contribution in [0.15, 0.2) is 23.1 Å². The largest absolute Gasteiger partial charge is 0.242 e. The van der Waals surface area contributed by atoms with Crippen molar-refractivity contribution in [3.05, 3.63) is 23.2 Å². The van der Waals surface area contributed by atoms with Gasteiger partial charge in [-0.05, 0) is 36.9 Å². The van der Waals surface area contributed by atoms with Crippen molar-refractivity contribution in [1.82, 2.24) is 4.98 Å². The number of thiocyanates is 1. The van der Waals surface area contributed by atoms with Gasteiger partial charge < -0.3 is 0 Å². The normalized spacial score (nSPS) is 10.2. The quantitative estimate of drug-likeness (QED) is 0.531. The number of aryl methyl sites for hydroxylation is 1. The van der Waals surface area contributed by atoms with E-state index in [4.69, 9.17) is 5.26 Å². The van der Waals surface area contributed by atoms with Gasteiger partial charge in [0, 0.05) is 4.90 Å². The smallest absolute Gasteiger partial charge is 0.138 e.